The van der Waals surface area contributed by atoms with Crippen LogP contribution in [0.25, 0.3) is 0 Å². The number of rotatable bonds is 4. The Labute approximate surface area is 92.8 Å². The van der Waals surface area contributed by atoms with Crippen molar-refractivity contribution in [1.29, 1.82) is 0 Å². The van der Waals surface area contributed by atoms with Gasteiger partial charge in [-0.05, 0) is 20.3 Å². The van der Waals surface area contributed by atoms with Crippen LogP contribution in [-0.4, -0.2) is 10.6 Å². The summed E-state index contributed by atoms with van der Waals surface area (Å²) < 4.78 is 31.7. The van der Waals surface area contributed by atoms with Gasteiger partial charge < -0.3 is 10.2 Å². The highest BCUT2D eigenvalue weighted by molar-refractivity contribution is 5.38. The second-order valence-electron chi connectivity index (χ2n) is 3.97. The molecule has 1 aromatic rings. The molecule has 0 amide bonds. The number of ether oxygens (including phenoxy) is 1. The Balaban J connectivity index is 3.05. The number of pyridine rings is 1. The van der Waals surface area contributed by atoms with Gasteiger partial charge in [0.1, 0.15) is 5.60 Å². The number of nitrogens with two attached hydrogens (primary N) is 1. The third-order valence-corrected chi connectivity index (χ3v) is 2.26. The van der Waals surface area contributed by atoms with Gasteiger partial charge in [0.2, 0.25) is 0 Å². The summed E-state index contributed by atoms with van der Waals surface area (Å²) in [4.78, 5) is 3.62. The SMILES string of the molecule is CCC(C)(C)Oc1nc(NN)c(F)cc1F. The summed E-state index contributed by atoms with van der Waals surface area (Å²) >= 11 is 0. The number of hydrogen-bond donors (Lipinski definition) is 2. The molecule has 0 fully saturated rings. The Morgan fingerprint density at radius 2 is 2.06 bits per heavy atom. The predicted octanol–water partition coefficient (Wildman–Crippen LogP) is 2.21. The van der Waals surface area contributed by atoms with Gasteiger partial charge in [-0.3, -0.25) is 0 Å². The summed E-state index contributed by atoms with van der Waals surface area (Å²) in [6.07, 6.45) is 0.664. The number of nitrogens with one attached hydrogen (secondary N) is 1. The fourth-order valence-corrected chi connectivity index (χ4v) is 0.956. The van der Waals surface area contributed by atoms with Crippen molar-refractivity contribution in [1.82, 2.24) is 4.98 Å². The summed E-state index contributed by atoms with van der Waals surface area (Å²) in [5.41, 5.74) is 1.46. The van der Waals surface area contributed by atoms with Crippen LogP contribution < -0.4 is 16.0 Å². The van der Waals surface area contributed by atoms with Crippen molar-refractivity contribution in [3.8, 4) is 5.88 Å². The molecule has 0 radical (unpaired) electrons. The number of nitrogen functional groups attached to an aromatic ring is 1. The second kappa shape index (κ2) is 4.61. The maximum atomic E-state index is 13.3. The molecule has 0 saturated heterocycles. The fraction of sp³-hybridized carbons (Fsp3) is 0.500. The molecule has 3 N–H and O–H groups in total. The minimum atomic E-state index is -0.860. The molecular formula is C10H15F2N3O. The van der Waals surface area contributed by atoms with Crippen LogP contribution >= 0.6 is 0 Å². The Hall–Kier alpha value is -1.43. The van der Waals surface area contributed by atoms with Gasteiger partial charge in [0.25, 0.3) is 5.88 Å². The molecule has 16 heavy (non-hydrogen) atoms. The smallest absolute Gasteiger partial charge is 0.253 e. The van der Waals surface area contributed by atoms with Crippen molar-refractivity contribution in [3.63, 3.8) is 0 Å². The summed E-state index contributed by atoms with van der Waals surface area (Å²) in [6.45, 7) is 5.46. The number of nitrogens with zero attached hydrogens (tertiary/aromatic N) is 1. The molecule has 0 aromatic carbocycles. The van der Waals surface area contributed by atoms with Crippen molar-refractivity contribution in [2.24, 2.45) is 5.84 Å². The van der Waals surface area contributed by atoms with E-state index >= 15 is 0 Å². The van der Waals surface area contributed by atoms with E-state index < -0.39 is 17.2 Å². The van der Waals surface area contributed by atoms with Crippen LogP contribution in [0.15, 0.2) is 6.07 Å². The maximum Gasteiger partial charge on any atom is 0.253 e. The van der Waals surface area contributed by atoms with E-state index in [0.29, 0.717) is 12.5 Å². The molecule has 1 rings (SSSR count). The van der Waals surface area contributed by atoms with Crippen molar-refractivity contribution < 1.29 is 13.5 Å². The van der Waals surface area contributed by atoms with E-state index in [9.17, 15) is 8.78 Å². The van der Waals surface area contributed by atoms with Crippen molar-refractivity contribution in [3.05, 3.63) is 17.7 Å². The van der Waals surface area contributed by atoms with E-state index in [4.69, 9.17) is 10.6 Å². The van der Waals surface area contributed by atoms with E-state index in [1.807, 2.05) is 12.3 Å². The van der Waals surface area contributed by atoms with Gasteiger partial charge in [-0.25, -0.2) is 14.6 Å². The molecule has 0 aliphatic heterocycles. The zero-order valence-electron chi connectivity index (χ0n) is 9.47. The predicted molar refractivity (Wildman–Crippen MR) is 57.0 cm³/mol. The van der Waals surface area contributed by atoms with Gasteiger partial charge in [0, 0.05) is 6.07 Å². The molecule has 6 heteroatoms. The molecule has 0 atom stereocenters. The van der Waals surface area contributed by atoms with Gasteiger partial charge in [-0.1, -0.05) is 6.92 Å². The van der Waals surface area contributed by atoms with E-state index in [1.54, 1.807) is 13.8 Å². The van der Waals surface area contributed by atoms with Crippen LogP contribution in [0.4, 0.5) is 14.6 Å². The summed E-state index contributed by atoms with van der Waals surface area (Å²) in [7, 11) is 0. The van der Waals surface area contributed by atoms with Crippen LogP contribution in [-0.2, 0) is 0 Å². The van der Waals surface area contributed by atoms with Gasteiger partial charge in [-0.15, -0.1) is 0 Å². The molecule has 4 nitrogen and oxygen atoms in total. The lowest BCUT2D eigenvalue weighted by Crippen LogP contribution is -2.28. The first kappa shape index (κ1) is 12.6. The van der Waals surface area contributed by atoms with Crippen molar-refractivity contribution >= 4 is 5.82 Å². The van der Waals surface area contributed by atoms with E-state index in [-0.39, 0.29) is 11.7 Å². The van der Waals surface area contributed by atoms with Crippen molar-refractivity contribution in [2.45, 2.75) is 32.8 Å². The van der Waals surface area contributed by atoms with Crippen LogP contribution in [0.1, 0.15) is 27.2 Å². The van der Waals surface area contributed by atoms with E-state index in [1.165, 1.54) is 0 Å². The van der Waals surface area contributed by atoms with Crippen LogP contribution in [0, 0.1) is 11.6 Å². The minimum Gasteiger partial charge on any atom is -0.470 e. The summed E-state index contributed by atoms with van der Waals surface area (Å²) in [5, 5.41) is 0. The summed E-state index contributed by atoms with van der Waals surface area (Å²) in [5.74, 6) is 2.82. The van der Waals surface area contributed by atoms with Crippen LogP contribution in [0.2, 0.25) is 0 Å². The molecule has 0 bridgehead atoms. The first-order chi connectivity index (χ1) is 7.39. The van der Waals surface area contributed by atoms with Gasteiger partial charge in [0.05, 0.1) is 0 Å². The van der Waals surface area contributed by atoms with E-state index in [2.05, 4.69) is 4.98 Å². The highest BCUT2D eigenvalue weighted by Crippen LogP contribution is 2.25. The number of hydrazine groups is 1. The first-order valence-corrected chi connectivity index (χ1v) is 4.91. The molecule has 0 spiro atoms. The molecular weight excluding hydrogens is 216 g/mol. The van der Waals surface area contributed by atoms with Gasteiger partial charge >= 0.3 is 0 Å². The van der Waals surface area contributed by atoms with Crippen LogP contribution in [0.5, 0.6) is 5.88 Å². The molecule has 0 aliphatic rings. The monoisotopic (exact) mass is 231 g/mol. The molecule has 0 saturated carbocycles. The lowest BCUT2D eigenvalue weighted by Gasteiger charge is -2.24. The first-order valence-electron chi connectivity index (χ1n) is 4.91. The Morgan fingerprint density at radius 3 is 2.56 bits per heavy atom. The number of halogens is 2. The average molecular weight is 231 g/mol. The number of hydrogen-bond acceptors (Lipinski definition) is 4. The largest absolute Gasteiger partial charge is 0.470 e. The van der Waals surface area contributed by atoms with E-state index in [0.717, 1.165) is 0 Å². The minimum absolute atomic E-state index is 0.247. The van der Waals surface area contributed by atoms with Crippen LogP contribution in [0.3, 0.4) is 0 Å². The normalized spacial score (nSPS) is 11.4. The highest BCUT2D eigenvalue weighted by Gasteiger charge is 2.21. The Morgan fingerprint density at radius 1 is 1.44 bits per heavy atom. The third kappa shape index (κ3) is 2.79. The molecule has 1 aromatic heterocycles. The van der Waals surface area contributed by atoms with Gasteiger partial charge in [0.15, 0.2) is 17.5 Å². The zero-order valence-corrected chi connectivity index (χ0v) is 9.47. The lowest BCUT2D eigenvalue weighted by atomic mass is 10.1. The average Bonchev–Trinajstić information content (AvgIpc) is 2.22. The quantitative estimate of drug-likeness (QED) is 0.616. The maximum absolute atomic E-state index is 13.3. The highest BCUT2D eigenvalue weighted by atomic mass is 19.1. The molecule has 0 aliphatic carbocycles. The third-order valence-electron chi connectivity index (χ3n) is 2.26. The molecule has 1 heterocycles. The fourth-order valence-electron chi connectivity index (χ4n) is 0.956. The topological polar surface area (TPSA) is 60.2 Å². The second-order valence-corrected chi connectivity index (χ2v) is 3.97. The van der Waals surface area contributed by atoms with Gasteiger partial charge in [-0.2, -0.15) is 4.98 Å². The zero-order chi connectivity index (χ0) is 12.3. The summed E-state index contributed by atoms with van der Waals surface area (Å²) in [6, 6.07) is 0.684. The number of aromatic nitrogens is 1. The number of anilines is 1. The Bertz CT molecular complexity index is 383. The molecule has 0 unspecified atom stereocenters. The van der Waals surface area contributed by atoms with Crippen molar-refractivity contribution in [2.75, 3.05) is 5.43 Å². The Kier molecular flexibility index (Phi) is 3.64. The lowest BCUT2D eigenvalue weighted by molar-refractivity contribution is 0.0929. The molecule has 90 valence electrons. The standard InChI is InChI=1S/C10H15F2N3O/c1-4-10(2,3)16-9-7(12)5-6(11)8(14-9)15-13/h5H,4,13H2,1-3H3,(H,14,15).